The Hall–Kier alpha value is -3.62. The number of allylic oxidation sites excluding steroid dienone is 1. The van der Waals surface area contributed by atoms with E-state index >= 15 is 0 Å². The van der Waals surface area contributed by atoms with Crippen LogP contribution in [0.1, 0.15) is 72.3 Å². The molecule has 1 amide bonds. The average molecular weight is 648 g/mol. The van der Waals surface area contributed by atoms with Gasteiger partial charge in [0.15, 0.2) is 12.5 Å². The molecule has 1 saturated carbocycles. The molecule has 4 rings (SSSR count). The minimum absolute atomic E-state index is 0.0149. The molecule has 2 aromatic heterocycles. The molecule has 0 bridgehead atoms. The van der Waals surface area contributed by atoms with Crippen molar-refractivity contribution in [3.63, 3.8) is 0 Å². The van der Waals surface area contributed by atoms with E-state index in [0.29, 0.717) is 12.1 Å². The third kappa shape index (κ3) is 10.2. The van der Waals surface area contributed by atoms with E-state index < -0.39 is 23.6 Å². The molecule has 0 aromatic carbocycles. The van der Waals surface area contributed by atoms with Crippen LogP contribution in [0, 0.1) is 17.7 Å². The van der Waals surface area contributed by atoms with Crippen molar-refractivity contribution in [2.45, 2.75) is 72.3 Å². The zero-order valence-electron chi connectivity index (χ0n) is 26.3. The molecular weight excluding hydrogens is 604 g/mol. The summed E-state index contributed by atoms with van der Waals surface area (Å²) in [6.45, 7) is 8.04. The minimum Gasteiger partial charge on any atom is -0.442 e. The maximum absolute atomic E-state index is 14.7. The highest BCUT2D eigenvalue weighted by Gasteiger charge is 2.25. The van der Waals surface area contributed by atoms with Crippen LogP contribution < -0.4 is 11.1 Å². The van der Waals surface area contributed by atoms with Gasteiger partial charge in [-0.15, -0.1) is 11.8 Å². The van der Waals surface area contributed by atoms with Crippen molar-refractivity contribution < 1.29 is 28.2 Å². The maximum atomic E-state index is 14.7. The number of esters is 1. The average Bonchev–Trinajstić information content (AvgIpc) is 3.69. The second-order valence-corrected chi connectivity index (χ2v) is 11.6. The third-order valence-electron chi connectivity index (χ3n) is 7.33. The van der Waals surface area contributed by atoms with Crippen LogP contribution in [0.3, 0.4) is 0 Å². The monoisotopic (exact) mass is 647 g/mol. The summed E-state index contributed by atoms with van der Waals surface area (Å²) in [4.78, 5) is 29.5. The van der Waals surface area contributed by atoms with Crippen LogP contribution in [0.4, 0.5) is 14.5 Å². The lowest BCUT2D eigenvalue weighted by Crippen LogP contribution is -2.26. The number of nitrogens with zero attached hydrogens (tertiary/aromatic N) is 5. The number of nitrogens with one attached hydrogen (secondary N) is 1. The summed E-state index contributed by atoms with van der Waals surface area (Å²) in [5.41, 5.74) is 6.98. The first-order valence-electron chi connectivity index (χ1n) is 15.1. The molecule has 1 aliphatic heterocycles. The van der Waals surface area contributed by atoms with E-state index in [-0.39, 0.29) is 48.9 Å². The number of nitrogens with two attached hydrogens (primary N) is 1. The van der Waals surface area contributed by atoms with Gasteiger partial charge >= 0.3 is 5.97 Å². The van der Waals surface area contributed by atoms with E-state index in [1.54, 1.807) is 41.4 Å². The van der Waals surface area contributed by atoms with Gasteiger partial charge in [0.25, 0.3) is 5.91 Å². The number of aliphatic hydroxyl groups is 1. The number of hydrogen-bond acceptors (Lipinski definition) is 10. The number of aromatic nitrogens is 3. The minimum atomic E-state index is -0.833. The predicted octanol–water partition coefficient (Wildman–Crippen LogP) is 5.36. The number of carbonyl (C=O) groups is 2. The van der Waals surface area contributed by atoms with Gasteiger partial charge < -0.3 is 20.9 Å². The van der Waals surface area contributed by atoms with E-state index in [1.165, 1.54) is 11.8 Å². The van der Waals surface area contributed by atoms with Gasteiger partial charge in [-0.3, -0.25) is 19.3 Å². The Bertz CT molecular complexity index is 1410. The summed E-state index contributed by atoms with van der Waals surface area (Å²) in [7, 11) is 0. The highest BCUT2D eigenvalue weighted by atomic mass is 32.2. The van der Waals surface area contributed by atoms with Crippen molar-refractivity contribution in [2.75, 3.05) is 31.7 Å². The van der Waals surface area contributed by atoms with E-state index in [2.05, 4.69) is 27.4 Å². The van der Waals surface area contributed by atoms with E-state index in [4.69, 9.17) is 15.6 Å². The van der Waals surface area contributed by atoms with Crippen LogP contribution in [0.25, 0.3) is 11.4 Å². The molecule has 1 atom stereocenters. The van der Waals surface area contributed by atoms with Crippen LogP contribution in [0.2, 0.25) is 0 Å². The lowest BCUT2D eigenvalue weighted by atomic mass is 9.96. The number of pyridine rings is 1. The molecule has 3 heterocycles. The Balaban J connectivity index is 0.00000177. The molecule has 1 unspecified atom stereocenters. The van der Waals surface area contributed by atoms with Crippen molar-refractivity contribution in [1.82, 2.24) is 19.8 Å². The number of ether oxygens (including phenoxy) is 1. The predicted molar refractivity (Wildman–Crippen MR) is 172 cm³/mol. The summed E-state index contributed by atoms with van der Waals surface area (Å²) in [5.74, 6) is -2.50. The van der Waals surface area contributed by atoms with Crippen LogP contribution in [-0.4, -0.2) is 69.4 Å². The number of thioether (sulfide) groups is 1. The van der Waals surface area contributed by atoms with Gasteiger partial charge in [0, 0.05) is 30.5 Å². The lowest BCUT2D eigenvalue weighted by molar-refractivity contribution is -0.146. The van der Waals surface area contributed by atoms with Crippen LogP contribution in [-0.2, 0) is 14.3 Å². The molecule has 0 radical (unpaired) electrons. The fourth-order valence-electron chi connectivity index (χ4n) is 4.82. The molecule has 1 fully saturated rings. The second-order valence-electron chi connectivity index (χ2n) is 10.7. The zero-order chi connectivity index (χ0) is 32.9. The van der Waals surface area contributed by atoms with Gasteiger partial charge in [0.05, 0.1) is 24.8 Å². The van der Waals surface area contributed by atoms with Crippen molar-refractivity contribution >= 4 is 35.5 Å². The number of anilines is 1. The van der Waals surface area contributed by atoms with Crippen molar-refractivity contribution in [1.29, 1.82) is 0 Å². The topological polar surface area (TPSA) is 148 Å². The van der Waals surface area contributed by atoms with E-state index in [9.17, 15) is 18.4 Å². The molecule has 2 aliphatic rings. The first-order chi connectivity index (χ1) is 21.6. The van der Waals surface area contributed by atoms with Gasteiger partial charge in [0.1, 0.15) is 11.4 Å². The molecule has 4 N–H and O–H groups in total. The maximum Gasteiger partial charge on any atom is 0.321 e. The molecule has 0 spiro atoms. The summed E-state index contributed by atoms with van der Waals surface area (Å²) >= 11 is 1.43. The Morgan fingerprint density at radius 2 is 1.89 bits per heavy atom. The Morgan fingerprint density at radius 3 is 2.56 bits per heavy atom. The SMILES string of the molecule is CCC(C)=C(S/C=C(\C)C(=O)Nc1cn(C2CCCCC2)nc1-c1nc(F)ccc1F)C1C=NN(COC(=O)CN)C1.CCO. The molecule has 11 nitrogen and oxygen atoms in total. The number of rotatable bonds is 11. The zero-order valence-corrected chi connectivity index (χ0v) is 27.1. The van der Waals surface area contributed by atoms with Crippen molar-refractivity contribution in [3.8, 4) is 11.4 Å². The molecule has 246 valence electrons. The highest BCUT2D eigenvalue weighted by molar-refractivity contribution is 8.05. The second kappa shape index (κ2) is 17.8. The van der Waals surface area contributed by atoms with Gasteiger partial charge in [-0.1, -0.05) is 31.8 Å². The fourth-order valence-corrected chi connectivity index (χ4v) is 5.88. The molecule has 2 aromatic rings. The van der Waals surface area contributed by atoms with Crippen molar-refractivity contribution in [2.24, 2.45) is 16.8 Å². The largest absolute Gasteiger partial charge is 0.442 e. The Morgan fingerprint density at radius 1 is 1.18 bits per heavy atom. The lowest BCUT2D eigenvalue weighted by Gasteiger charge is -2.21. The third-order valence-corrected chi connectivity index (χ3v) is 8.71. The summed E-state index contributed by atoms with van der Waals surface area (Å²) < 4.78 is 35.5. The molecule has 1 aliphatic carbocycles. The summed E-state index contributed by atoms with van der Waals surface area (Å²) in [5, 5.41) is 22.7. The normalized spacial score (nSPS) is 17.5. The first-order valence-corrected chi connectivity index (χ1v) is 16.0. The number of hydrogen-bond donors (Lipinski definition) is 3. The number of aliphatic hydroxyl groups excluding tert-OH is 1. The standard InChI is InChI=1S/C29H37F2N7O3S.C2H6O/c1-4-18(2)28(20-13-33-37(14-20)17-41-25(39)12-32)42-16-19(3)29(40)34-23-15-38(21-8-6-5-7-9-21)36-27(23)26-22(30)10-11-24(31)35-26;1-2-3/h10-11,13,15-16,20-21H,4-9,12,14,17,32H2,1-3H3,(H,34,40);3H,2H2,1H3/b19-16+,28-18?;. The number of hydrazone groups is 1. The van der Waals surface area contributed by atoms with Crippen LogP contribution >= 0.6 is 11.8 Å². The van der Waals surface area contributed by atoms with Gasteiger partial charge in [-0.05, 0) is 62.5 Å². The van der Waals surface area contributed by atoms with Crippen LogP contribution in [0.15, 0.2) is 44.9 Å². The highest BCUT2D eigenvalue weighted by Crippen LogP contribution is 2.35. The number of amides is 1. The van der Waals surface area contributed by atoms with Gasteiger partial charge in [-0.25, -0.2) is 9.37 Å². The van der Waals surface area contributed by atoms with Gasteiger partial charge in [0.2, 0.25) is 5.95 Å². The number of carbonyl (C=O) groups excluding carboxylic acids is 2. The summed E-state index contributed by atoms with van der Waals surface area (Å²) in [6, 6.07) is 2.07. The molecule has 14 heteroatoms. The fraction of sp³-hybridized carbons (Fsp3) is 0.516. The molecule has 0 saturated heterocycles. The first kappa shape index (κ1) is 35.9. The number of halogens is 2. The smallest absolute Gasteiger partial charge is 0.321 e. The van der Waals surface area contributed by atoms with Crippen molar-refractivity contribution in [3.05, 3.63) is 51.6 Å². The van der Waals surface area contributed by atoms with Crippen LogP contribution in [0.5, 0.6) is 0 Å². The summed E-state index contributed by atoms with van der Waals surface area (Å²) in [6.07, 6.45) is 9.40. The molecule has 45 heavy (non-hydrogen) atoms. The van der Waals surface area contributed by atoms with E-state index in [1.807, 2.05) is 6.92 Å². The van der Waals surface area contributed by atoms with Gasteiger partial charge in [-0.2, -0.15) is 14.6 Å². The van der Waals surface area contributed by atoms with E-state index in [0.717, 1.165) is 61.1 Å². The Kier molecular flexibility index (Phi) is 14.2. The quantitative estimate of drug-likeness (QED) is 0.166. The Labute approximate surface area is 267 Å². The molecular formula is C31H43F2N7O4S.